The Morgan fingerprint density at radius 3 is 2.38 bits per heavy atom. The molecule has 2 aliphatic heterocycles. The van der Waals surface area contributed by atoms with Gasteiger partial charge in [-0.15, -0.1) is 0 Å². The molecule has 0 saturated carbocycles. The van der Waals surface area contributed by atoms with Gasteiger partial charge in [0.2, 0.25) is 23.6 Å². The SMILES string of the molecule is CN[C@@H](C)C(=O)N[C@H](C(=O)N1CC(=O)N2[C@@H]1CN(CCc1cccc(Cl)c1)C(=O)[C@@H]2Cc1ccc(C)cc1)C(C)(C)C. The highest BCUT2D eigenvalue weighted by Crippen LogP contribution is 2.31. The molecule has 2 fully saturated rings. The number of amides is 4. The molecule has 42 heavy (non-hydrogen) atoms. The van der Waals surface area contributed by atoms with Crippen molar-refractivity contribution in [3.63, 3.8) is 0 Å². The van der Waals surface area contributed by atoms with Crippen molar-refractivity contribution in [2.45, 2.75) is 71.8 Å². The molecule has 0 aliphatic carbocycles. The number of likely N-dealkylation sites (N-methyl/N-ethyl adjacent to an activating group) is 1. The number of carbonyl (C=O) groups excluding carboxylic acids is 4. The van der Waals surface area contributed by atoms with E-state index < -0.39 is 29.7 Å². The molecule has 2 aliphatic rings. The van der Waals surface area contributed by atoms with Crippen LogP contribution in [0.15, 0.2) is 48.5 Å². The molecule has 0 radical (unpaired) electrons. The van der Waals surface area contributed by atoms with Crippen LogP contribution in [-0.4, -0.2) is 89.3 Å². The number of carbonyl (C=O) groups is 4. The van der Waals surface area contributed by atoms with Crippen LogP contribution < -0.4 is 10.6 Å². The highest BCUT2D eigenvalue weighted by Gasteiger charge is 2.53. The highest BCUT2D eigenvalue weighted by molar-refractivity contribution is 6.30. The van der Waals surface area contributed by atoms with Crippen molar-refractivity contribution in [1.82, 2.24) is 25.3 Å². The van der Waals surface area contributed by atoms with Crippen LogP contribution in [0.25, 0.3) is 0 Å². The van der Waals surface area contributed by atoms with E-state index in [1.165, 1.54) is 0 Å². The third kappa shape index (κ3) is 6.95. The number of hydrogen-bond acceptors (Lipinski definition) is 5. The lowest BCUT2D eigenvalue weighted by atomic mass is 9.85. The van der Waals surface area contributed by atoms with Crippen molar-refractivity contribution < 1.29 is 19.2 Å². The molecule has 0 bridgehead atoms. The second kappa shape index (κ2) is 12.8. The smallest absolute Gasteiger partial charge is 0.247 e. The van der Waals surface area contributed by atoms with Crippen LogP contribution >= 0.6 is 11.6 Å². The zero-order valence-electron chi connectivity index (χ0n) is 25.3. The van der Waals surface area contributed by atoms with E-state index in [-0.39, 0.29) is 36.7 Å². The minimum absolute atomic E-state index is 0.139. The van der Waals surface area contributed by atoms with E-state index in [4.69, 9.17) is 11.6 Å². The summed E-state index contributed by atoms with van der Waals surface area (Å²) in [5.41, 5.74) is 2.42. The van der Waals surface area contributed by atoms with E-state index in [1.54, 1.807) is 28.7 Å². The number of piperazine rings is 1. The van der Waals surface area contributed by atoms with Gasteiger partial charge in [-0.1, -0.05) is 74.3 Å². The molecule has 4 rings (SSSR count). The number of hydrogen-bond donors (Lipinski definition) is 2. The summed E-state index contributed by atoms with van der Waals surface area (Å²) in [4.78, 5) is 59.3. The first kappa shape index (κ1) is 31.5. The van der Waals surface area contributed by atoms with E-state index in [0.717, 1.165) is 16.7 Å². The second-order valence-electron chi connectivity index (χ2n) is 12.4. The Hall–Kier alpha value is -3.43. The first-order valence-corrected chi connectivity index (χ1v) is 14.9. The zero-order valence-corrected chi connectivity index (χ0v) is 26.1. The van der Waals surface area contributed by atoms with E-state index in [9.17, 15) is 19.2 Å². The molecule has 2 N–H and O–H groups in total. The summed E-state index contributed by atoms with van der Waals surface area (Å²) in [7, 11) is 1.68. The van der Waals surface area contributed by atoms with Crippen LogP contribution in [0.2, 0.25) is 5.02 Å². The number of fused-ring (bicyclic) bond motifs is 1. The van der Waals surface area contributed by atoms with Crippen LogP contribution in [0.5, 0.6) is 0 Å². The van der Waals surface area contributed by atoms with Crippen molar-refractivity contribution in [1.29, 1.82) is 0 Å². The van der Waals surface area contributed by atoms with Gasteiger partial charge in [0.25, 0.3) is 0 Å². The first-order chi connectivity index (χ1) is 19.8. The molecule has 0 unspecified atom stereocenters. The summed E-state index contributed by atoms with van der Waals surface area (Å²) in [6.07, 6.45) is 0.290. The Morgan fingerprint density at radius 1 is 1.07 bits per heavy atom. The fourth-order valence-corrected chi connectivity index (χ4v) is 5.78. The van der Waals surface area contributed by atoms with Gasteiger partial charge in [-0.25, -0.2) is 0 Å². The van der Waals surface area contributed by atoms with Gasteiger partial charge in [0, 0.05) is 18.0 Å². The van der Waals surface area contributed by atoms with Crippen LogP contribution in [0.3, 0.4) is 0 Å². The van der Waals surface area contributed by atoms with E-state index >= 15 is 0 Å². The molecule has 4 atom stereocenters. The van der Waals surface area contributed by atoms with Gasteiger partial charge >= 0.3 is 0 Å². The molecule has 2 aromatic rings. The molecule has 10 heteroatoms. The maximum Gasteiger partial charge on any atom is 0.247 e. The molecule has 2 aromatic carbocycles. The predicted molar refractivity (Wildman–Crippen MR) is 163 cm³/mol. The molecule has 2 saturated heterocycles. The number of halogens is 1. The third-order valence-corrected chi connectivity index (χ3v) is 8.44. The van der Waals surface area contributed by atoms with Gasteiger partial charge in [-0.3, -0.25) is 19.2 Å². The topological polar surface area (TPSA) is 102 Å². The maximum atomic E-state index is 14.1. The summed E-state index contributed by atoms with van der Waals surface area (Å²) >= 11 is 6.19. The minimum atomic E-state index is -0.860. The Labute approximate surface area is 253 Å². The molecule has 0 spiro atoms. The van der Waals surface area contributed by atoms with Gasteiger partial charge in [0.05, 0.1) is 12.6 Å². The van der Waals surface area contributed by atoms with E-state index in [2.05, 4.69) is 10.6 Å². The molecule has 0 aromatic heterocycles. The normalized spacial score (nSPS) is 20.4. The van der Waals surface area contributed by atoms with Gasteiger partial charge in [0.15, 0.2) is 0 Å². The largest absolute Gasteiger partial charge is 0.342 e. The molecule has 4 amide bonds. The third-order valence-electron chi connectivity index (χ3n) is 8.21. The average Bonchev–Trinajstić information content (AvgIpc) is 3.27. The minimum Gasteiger partial charge on any atom is -0.342 e. The Kier molecular flexibility index (Phi) is 9.63. The summed E-state index contributed by atoms with van der Waals surface area (Å²) in [6, 6.07) is 13.4. The predicted octanol–water partition coefficient (Wildman–Crippen LogP) is 2.78. The summed E-state index contributed by atoms with van der Waals surface area (Å²) in [6.45, 7) is 9.85. The van der Waals surface area contributed by atoms with Gasteiger partial charge < -0.3 is 25.3 Å². The zero-order chi connectivity index (χ0) is 30.8. The Morgan fingerprint density at radius 2 is 1.76 bits per heavy atom. The van der Waals surface area contributed by atoms with Gasteiger partial charge in [-0.2, -0.15) is 0 Å². The second-order valence-corrected chi connectivity index (χ2v) is 12.9. The van der Waals surface area contributed by atoms with Crippen molar-refractivity contribution in [3.05, 3.63) is 70.2 Å². The van der Waals surface area contributed by atoms with Gasteiger partial charge in [-0.05, 0) is 56.0 Å². The first-order valence-electron chi connectivity index (χ1n) is 14.5. The van der Waals surface area contributed by atoms with Crippen molar-refractivity contribution >= 4 is 35.2 Å². The van der Waals surface area contributed by atoms with Crippen molar-refractivity contribution in [2.24, 2.45) is 5.41 Å². The average molecular weight is 596 g/mol. The molecule has 2 heterocycles. The Balaban J connectivity index is 1.65. The standard InChI is InChI=1S/C32H42ClN5O4/c1-20-10-12-23(13-11-20)17-25-30(41)36(15-14-22-8-7-9-24(33)16-22)18-26-37(19-27(39)38(25)26)31(42)28(32(3,4)5)35-29(40)21(2)34-6/h7-13,16,21,25-26,28,34H,14-15,17-19H2,1-6H3,(H,35,40)/t21-,25-,26+,28+/m0/s1. The van der Waals surface area contributed by atoms with Crippen LogP contribution in [0.4, 0.5) is 0 Å². The summed E-state index contributed by atoms with van der Waals surface area (Å²) in [5.74, 6) is -1.04. The number of rotatable bonds is 9. The molecular weight excluding hydrogens is 554 g/mol. The molecular formula is C32H42ClN5O4. The van der Waals surface area contributed by atoms with Crippen LogP contribution in [-0.2, 0) is 32.0 Å². The summed E-state index contributed by atoms with van der Waals surface area (Å²) in [5, 5.41) is 6.44. The van der Waals surface area contributed by atoms with E-state index in [0.29, 0.717) is 24.4 Å². The van der Waals surface area contributed by atoms with E-state index in [1.807, 2.05) is 76.2 Å². The number of nitrogens with zero attached hydrogens (tertiary/aromatic N) is 3. The van der Waals surface area contributed by atoms with Crippen LogP contribution in [0, 0.1) is 12.3 Å². The fourth-order valence-electron chi connectivity index (χ4n) is 5.56. The lowest BCUT2D eigenvalue weighted by molar-refractivity contribution is -0.156. The lowest BCUT2D eigenvalue weighted by Crippen LogP contribution is -2.66. The Bertz CT molecular complexity index is 1320. The fraction of sp³-hybridized carbons (Fsp3) is 0.500. The monoisotopic (exact) mass is 595 g/mol. The number of nitrogens with one attached hydrogen (secondary N) is 2. The summed E-state index contributed by atoms with van der Waals surface area (Å²) < 4.78 is 0. The molecule has 9 nitrogen and oxygen atoms in total. The van der Waals surface area contributed by atoms with Gasteiger partial charge in [0.1, 0.15) is 24.8 Å². The van der Waals surface area contributed by atoms with Crippen LogP contribution in [0.1, 0.15) is 44.4 Å². The number of benzene rings is 2. The maximum absolute atomic E-state index is 14.1. The molecule has 226 valence electrons. The van der Waals surface area contributed by atoms with Crippen molar-refractivity contribution in [2.75, 3.05) is 26.7 Å². The quantitative estimate of drug-likeness (QED) is 0.464. The lowest BCUT2D eigenvalue weighted by Gasteiger charge is -2.45. The van der Waals surface area contributed by atoms with Crippen molar-refractivity contribution in [3.8, 4) is 0 Å². The highest BCUT2D eigenvalue weighted by atomic mass is 35.5. The number of aryl methyl sites for hydroxylation is 1.